The molecule has 0 spiro atoms. The van der Waals surface area contributed by atoms with Gasteiger partial charge in [-0.15, -0.1) is 22.7 Å². The molecule has 138 valence electrons. The van der Waals surface area contributed by atoms with E-state index in [9.17, 15) is 9.59 Å². The zero-order valence-electron chi connectivity index (χ0n) is 14.7. The molecule has 0 bridgehead atoms. The first-order chi connectivity index (χ1) is 12.6. The van der Waals surface area contributed by atoms with E-state index in [1.807, 2.05) is 0 Å². The van der Waals surface area contributed by atoms with Crippen molar-refractivity contribution in [1.82, 2.24) is 0 Å². The van der Waals surface area contributed by atoms with Gasteiger partial charge >= 0.3 is 0 Å². The molecule has 2 aromatic heterocycles. The van der Waals surface area contributed by atoms with E-state index >= 15 is 0 Å². The maximum absolute atomic E-state index is 12.7. The largest absolute Gasteiger partial charge is 0.365 e. The number of hydrogen-bond donors (Lipinski definition) is 3. The number of aryl methyl sites for hydroxylation is 1. The number of fused-ring (bicyclic) bond motifs is 1. The fourth-order valence-corrected chi connectivity index (χ4v) is 6.48. The van der Waals surface area contributed by atoms with Gasteiger partial charge in [0.15, 0.2) is 6.54 Å². The number of primary amides is 1. The van der Waals surface area contributed by atoms with Crippen molar-refractivity contribution >= 4 is 39.5 Å². The van der Waals surface area contributed by atoms with Gasteiger partial charge in [0.25, 0.3) is 11.8 Å². The van der Waals surface area contributed by atoms with E-state index in [1.165, 1.54) is 26.0 Å². The minimum absolute atomic E-state index is 0.0236. The highest BCUT2D eigenvalue weighted by molar-refractivity contribution is 7.17. The van der Waals surface area contributed by atoms with Gasteiger partial charge in [0.05, 0.1) is 17.0 Å². The highest BCUT2D eigenvalue weighted by atomic mass is 32.1. The molecule has 2 amide bonds. The van der Waals surface area contributed by atoms with E-state index in [2.05, 4.69) is 22.8 Å². The fourth-order valence-electron chi connectivity index (χ4n) is 4.25. The first kappa shape index (κ1) is 17.7. The molecule has 0 saturated carbocycles. The van der Waals surface area contributed by atoms with Crippen molar-refractivity contribution in [3.63, 3.8) is 0 Å². The van der Waals surface area contributed by atoms with Crippen molar-refractivity contribution in [2.24, 2.45) is 5.73 Å². The van der Waals surface area contributed by atoms with Crippen molar-refractivity contribution in [1.29, 1.82) is 0 Å². The van der Waals surface area contributed by atoms with Crippen molar-refractivity contribution in [2.75, 3.05) is 18.4 Å². The van der Waals surface area contributed by atoms with E-state index in [0.29, 0.717) is 23.2 Å². The third-order valence-corrected chi connectivity index (χ3v) is 7.62. The Labute approximate surface area is 161 Å². The number of thiophene rings is 2. The Balaban J connectivity index is 1.48. The van der Waals surface area contributed by atoms with Crippen LogP contribution in [0.15, 0.2) is 17.5 Å². The van der Waals surface area contributed by atoms with Gasteiger partial charge in [-0.1, -0.05) is 6.07 Å². The Morgan fingerprint density at radius 3 is 2.88 bits per heavy atom. The smallest absolute Gasteiger partial charge is 0.280 e. The summed E-state index contributed by atoms with van der Waals surface area (Å²) in [7, 11) is 0. The Morgan fingerprint density at radius 1 is 1.27 bits per heavy atom. The van der Waals surface area contributed by atoms with Crippen LogP contribution in [0, 0.1) is 0 Å². The van der Waals surface area contributed by atoms with E-state index in [-0.39, 0.29) is 5.91 Å². The molecule has 7 heteroatoms. The van der Waals surface area contributed by atoms with Crippen molar-refractivity contribution in [3.8, 4) is 0 Å². The Hall–Kier alpha value is -1.70. The standard InChI is InChI=1S/C19H23N3O2S2/c20-18(24)17-12-5-1-2-7-14(12)26-19(17)21-16(23)11-22-9-3-6-13(22)15-8-4-10-25-15/h4,8,10,13H,1-3,5-7,9,11H2,(H2,20,24)(H,21,23)/p+1/t13-/m1/s1. The van der Waals surface area contributed by atoms with Gasteiger partial charge in [-0.05, 0) is 42.7 Å². The van der Waals surface area contributed by atoms with Crippen LogP contribution in [0.1, 0.15) is 57.4 Å². The summed E-state index contributed by atoms with van der Waals surface area (Å²) in [6.07, 6.45) is 6.36. The van der Waals surface area contributed by atoms with Crippen molar-refractivity contribution < 1.29 is 14.5 Å². The number of likely N-dealkylation sites (tertiary alicyclic amines) is 1. The Bertz CT molecular complexity index is 813. The van der Waals surface area contributed by atoms with Crippen LogP contribution >= 0.6 is 22.7 Å². The van der Waals surface area contributed by atoms with Gasteiger partial charge in [-0.2, -0.15) is 0 Å². The summed E-state index contributed by atoms with van der Waals surface area (Å²) in [4.78, 5) is 28.5. The predicted octanol–water partition coefficient (Wildman–Crippen LogP) is 2.15. The summed E-state index contributed by atoms with van der Waals surface area (Å²) in [5.41, 5.74) is 7.23. The fraction of sp³-hybridized carbons (Fsp3) is 0.474. The number of anilines is 1. The number of nitrogens with two attached hydrogens (primary N) is 1. The van der Waals surface area contributed by atoms with E-state index in [1.54, 1.807) is 11.3 Å². The maximum Gasteiger partial charge on any atom is 0.280 e. The molecule has 2 aliphatic rings. The molecule has 1 fully saturated rings. The predicted molar refractivity (Wildman–Crippen MR) is 105 cm³/mol. The molecule has 2 aromatic rings. The number of hydrogen-bond acceptors (Lipinski definition) is 4. The van der Waals surface area contributed by atoms with Gasteiger partial charge in [0.1, 0.15) is 11.0 Å². The quantitative estimate of drug-likeness (QED) is 0.732. The van der Waals surface area contributed by atoms with Crippen LogP contribution in [-0.4, -0.2) is 24.9 Å². The van der Waals surface area contributed by atoms with E-state index in [4.69, 9.17) is 5.73 Å². The molecule has 0 radical (unpaired) electrons. The second-order valence-electron chi connectivity index (χ2n) is 7.12. The average Bonchev–Trinajstić information content (AvgIpc) is 3.33. The molecule has 0 aromatic carbocycles. The van der Waals surface area contributed by atoms with Crippen LogP contribution in [0.3, 0.4) is 0 Å². The summed E-state index contributed by atoms with van der Waals surface area (Å²) < 4.78 is 0. The minimum Gasteiger partial charge on any atom is -0.365 e. The summed E-state index contributed by atoms with van der Waals surface area (Å²) in [6, 6.07) is 4.65. The molecule has 4 rings (SSSR count). The first-order valence-corrected chi connectivity index (χ1v) is 10.9. The van der Waals surface area contributed by atoms with Gasteiger partial charge in [0.2, 0.25) is 0 Å². The zero-order valence-corrected chi connectivity index (χ0v) is 16.3. The van der Waals surface area contributed by atoms with Crippen molar-refractivity contribution in [3.05, 3.63) is 38.4 Å². The highest BCUT2D eigenvalue weighted by Gasteiger charge is 2.33. The lowest BCUT2D eigenvalue weighted by Crippen LogP contribution is -3.11. The lowest BCUT2D eigenvalue weighted by molar-refractivity contribution is -0.910. The number of carbonyl (C=O) groups excluding carboxylic acids is 2. The van der Waals surface area contributed by atoms with Crippen LogP contribution in [0.25, 0.3) is 0 Å². The second-order valence-corrected chi connectivity index (χ2v) is 9.21. The monoisotopic (exact) mass is 390 g/mol. The average molecular weight is 391 g/mol. The van der Waals surface area contributed by atoms with Crippen molar-refractivity contribution in [2.45, 2.75) is 44.6 Å². The zero-order chi connectivity index (χ0) is 18.1. The van der Waals surface area contributed by atoms with Crippen LogP contribution in [0.5, 0.6) is 0 Å². The lowest BCUT2D eigenvalue weighted by Gasteiger charge is -2.20. The molecular weight excluding hydrogens is 366 g/mol. The molecule has 3 heterocycles. The number of nitrogens with one attached hydrogen (secondary N) is 2. The van der Waals surface area contributed by atoms with Crippen LogP contribution in [0.4, 0.5) is 5.00 Å². The number of carbonyl (C=O) groups is 2. The molecule has 26 heavy (non-hydrogen) atoms. The minimum atomic E-state index is -0.426. The van der Waals surface area contributed by atoms with Gasteiger partial charge in [-0.25, -0.2) is 0 Å². The van der Waals surface area contributed by atoms with Gasteiger partial charge in [0, 0.05) is 17.7 Å². The molecule has 1 saturated heterocycles. The lowest BCUT2D eigenvalue weighted by atomic mass is 9.95. The molecule has 1 aliphatic heterocycles. The molecule has 1 aliphatic carbocycles. The molecule has 2 atom stereocenters. The van der Waals surface area contributed by atoms with Gasteiger partial charge in [-0.3, -0.25) is 9.59 Å². The van der Waals surface area contributed by atoms with Crippen LogP contribution in [-0.2, 0) is 17.6 Å². The number of quaternary nitrogens is 1. The third-order valence-electron chi connectivity index (χ3n) is 5.43. The molecular formula is C19H24N3O2S2+. The Morgan fingerprint density at radius 2 is 2.12 bits per heavy atom. The van der Waals surface area contributed by atoms with E-state index < -0.39 is 5.91 Å². The summed E-state index contributed by atoms with van der Waals surface area (Å²) in [5.74, 6) is -0.450. The normalized spacial score (nSPS) is 22.2. The highest BCUT2D eigenvalue weighted by Crippen LogP contribution is 2.37. The number of amides is 2. The van der Waals surface area contributed by atoms with E-state index in [0.717, 1.165) is 50.6 Å². The first-order valence-electron chi connectivity index (χ1n) is 9.25. The molecule has 1 unspecified atom stereocenters. The Kier molecular flexibility index (Phi) is 5.11. The summed E-state index contributed by atoms with van der Waals surface area (Å²) >= 11 is 3.30. The SMILES string of the molecule is NC(=O)c1c(NC(=O)C[NH+]2CCC[C@@H]2c2cccs2)sc2c1CCCC2. The number of rotatable bonds is 5. The third kappa shape index (κ3) is 3.43. The molecule has 4 N–H and O–H groups in total. The summed E-state index contributed by atoms with van der Waals surface area (Å²) in [5, 5.41) is 5.75. The summed E-state index contributed by atoms with van der Waals surface area (Å²) in [6.45, 7) is 1.45. The topological polar surface area (TPSA) is 76.6 Å². The second kappa shape index (κ2) is 7.50. The van der Waals surface area contributed by atoms with Crippen LogP contribution < -0.4 is 16.0 Å². The van der Waals surface area contributed by atoms with Gasteiger partial charge < -0.3 is 16.0 Å². The van der Waals surface area contributed by atoms with Crippen LogP contribution in [0.2, 0.25) is 0 Å². The molecule has 5 nitrogen and oxygen atoms in total. The maximum atomic E-state index is 12.7.